The molecule has 1 aliphatic heterocycles. The number of amides is 1. The van der Waals surface area contributed by atoms with Crippen molar-refractivity contribution in [1.82, 2.24) is 4.90 Å². The Labute approximate surface area is 107 Å². The maximum atomic E-state index is 11.8. The van der Waals surface area contributed by atoms with Gasteiger partial charge in [-0.15, -0.1) is 0 Å². The van der Waals surface area contributed by atoms with E-state index in [9.17, 15) is 4.79 Å². The lowest BCUT2D eigenvalue weighted by Gasteiger charge is -2.16. The fraction of sp³-hybridized carbons (Fsp3) is 0.429. The number of nitrogens with zero attached hydrogens (tertiary/aromatic N) is 2. The minimum Gasteiger partial charge on any atom is -0.376 e. The van der Waals surface area contributed by atoms with Gasteiger partial charge in [-0.3, -0.25) is 4.79 Å². The number of likely N-dealkylation sites (tertiary alicyclic amines) is 1. The van der Waals surface area contributed by atoms with Gasteiger partial charge in [-0.05, 0) is 30.5 Å². The first-order valence-corrected chi connectivity index (χ1v) is 6.27. The van der Waals surface area contributed by atoms with Gasteiger partial charge in [0.1, 0.15) is 0 Å². The first-order chi connectivity index (χ1) is 8.79. The van der Waals surface area contributed by atoms with Gasteiger partial charge in [0.05, 0.1) is 19.0 Å². The molecule has 1 aromatic carbocycles. The lowest BCUT2D eigenvalue weighted by molar-refractivity contribution is -0.128. The van der Waals surface area contributed by atoms with E-state index in [1.165, 1.54) is 0 Å². The predicted molar refractivity (Wildman–Crippen MR) is 70.1 cm³/mol. The molecule has 0 atom stereocenters. The summed E-state index contributed by atoms with van der Waals surface area (Å²) in [5.41, 5.74) is 1.91. The zero-order valence-corrected chi connectivity index (χ0v) is 10.4. The van der Waals surface area contributed by atoms with Crippen LogP contribution >= 0.6 is 0 Å². The number of carbonyl (C=O) groups excluding carboxylic acids is 1. The number of nitriles is 1. The van der Waals surface area contributed by atoms with Crippen LogP contribution in [-0.2, 0) is 11.2 Å². The molecule has 0 saturated carbocycles. The van der Waals surface area contributed by atoms with Crippen molar-refractivity contribution in [2.75, 3.05) is 25.0 Å². The molecular formula is C14H17N3O. The first kappa shape index (κ1) is 12.4. The molecule has 0 unspecified atom stereocenters. The molecule has 1 aliphatic rings. The summed E-state index contributed by atoms with van der Waals surface area (Å²) in [6, 6.07) is 9.74. The zero-order valence-electron chi connectivity index (χ0n) is 10.4. The van der Waals surface area contributed by atoms with Crippen molar-refractivity contribution in [2.45, 2.75) is 19.3 Å². The lowest BCUT2D eigenvalue weighted by Crippen LogP contribution is -2.32. The number of hydrogen-bond acceptors (Lipinski definition) is 3. The molecule has 1 fully saturated rings. The summed E-state index contributed by atoms with van der Waals surface area (Å²) in [6.45, 7) is 2.13. The Morgan fingerprint density at radius 1 is 1.28 bits per heavy atom. The average molecular weight is 243 g/mol. The highest BCUT2D eigenvalue weighted by atomic mass is 16.2. The van der Waals surface area contributed by atoms with Crippen LogP contribution in [0.15, 0.2) is 24.3 Å². The molecule has 0 bridgehead atoms. The Morgan fingerprint density at radius 3 is 2.56 bits per heavy atom. The molecule has 1 amide bonds. The molecule has 0 aromatic heterocycles. The van der Waals surface area contributed by atoms with Crippen molar-refractivity contribution in [3.63, 3.8) is 0 Å². The Morgan fingerprint density at radius 2 is 1.94 bits per heavy atom. The maximum absolute atomic E-state index is 11.8. The van der Waals surface area contributed by atoms with Gasteiger partial charge in [-0.25, -0.2) is 0 Å². The van der Waals surface area contributed by atoms with Gasteiger partial charge in [-0.1, -0.05) is 12.1 Å². The van der Waals surface area contributed by atoms with Gasteiger partial charge in [0.25, 0.3) is 0 Å². The van der Waals surface area contributed by atoms with E-state index in [1.807, 2.05) is 29.2 Å². The van der Waals surface area contributed by atoms with Crippen molar-refractivity contribution in [2.24, 2.45) is 0 Å². The molecule has 0 radical (unpaired) electrons. The molecule has 4 nitrogen and oxygen atoms in total. The van der Waals surface area contributed by atoms with Gasteiger partial charge in [0, 0.05) is 18.8 Å². The van der Waals surface area contributed by atoms with Gasteiger partial charge in [-0.2, -0.15) is 5.26 Å². The van der Waals surface area contributed by atoms with E-state index >= 15 is 0 Å². The summed E-state index contributed by atoms with van der Waals surface area (Å²) in [5, 5.41) is 11.7. The molecule has 18 heavy (non-hydrogen) atoms. The fourth-order valence-electron chi connectivity index (χ4n) is 2.09. The summed E-state index contributed by atoms with van der Waals surface area (Å²) in [7, 11) is 0. The lowest BCUT2D eigenvalue weighted by atomic mass is 10.1. The number of benzene rings is 1. The van der Waals surface area contributed by atoms with Crippen LogP contribution in [0.1, 0.15) is 18.4 Å². The number of hydrogen-bond donors (Lipinski definition) is 1. The van der Waals surface area contributed by atoms with E-state index < -0.39 is 0 Å². The Bertz CT molecular complexity index is 441. The van der Waals surface area contributed by atoms with Crippen LogP contribution in [-0.4, -0.2) is 30.4 Å². The van der Waals surface area contributed by atoms with E-state index in [1.54, 1.807) is 0 Å². The molecule has 0 spiro atoms. The molecular weight excluding hydrogens is 226 g/mol. The molecule has 4 heteroatoms. The van der Waals surface area contributed by atoms with Crippen molar-refractivity contribution in [3.8, 4) is 6.07 Å². The third-order valence-electron chi connectivity index (χ3n) is 3.14. The summed E-state index contributed by atoms with van der Waals surface area (Å²) in [5.74, 6) is 0.161. The third-order valence-corrected chi connectivity index (χ3v) is 3.14. The monoisotopic (exact) mass is 243 g/mol. The SMILES string of the molecule is N#CCc1ccc(NCC(=O)N2CCCC2)cc1. The summed E-state index contributed by atoms with van der Waals surface area (Å²) < 4.78 is 0. The number of carbonyl (C=O) groups is 1. The standard InChI is InChI=1S/C14H17N3O/c15-8-7-12-3-5-13(6-4-12)16-11-14(18)17-9-1-2-10-17/h3-6,16H,1-2,7,9-11H2. The van der Waals surface area contributed by atoms with Gasteiger partial charge >= 0.3 is 0 Å². The van der Waals surface area contributed by atoms with Gasteiger partial charge < -0.3 is 10.2 Å². The second kappa shape index (κ2) is 6.06. The van der Waals surface area contributed by atoms with Crippen LogP contribution in [0.5, 0.6) is 0 Å². The second-order valence-electron chi connectivity index (χ2n) is 4.47. The highest BCUT2D eigenvalue weighted by molar-refractivity contribution is 5.81. The zero-order chi connectivity index (χ0) is 12.8. The molecule has 1 heterocycles. The van der Waals surface area contributed by atoms with Crippen LogP contribution in [0.4, 0.5) is 5.69 Å². The van der Waals surface area contributed by atoms with E-state index in [0.717, 1.165) is 37.2 Å². The van der Waals surface area contributed by atoms with Gasteiger partial charge in [0.15, 0.2) is 0 Å². The number of rotatable bonds is 4. The minimum atomic E-state index is 0.161. The average Bonchev–Trinajstić information content (AvgIpc) is 2.92. The minimum absolute atomic E-state index is 0.161. The normalized spacial score (nSPS) is 14.3. The fourth-order valence-corrected chi connectivity index (χ4v) is 2.09. The third kappa shape index (κ3) is 3.24. The van der Waals surface area contributed by atoms with E-state index in [-0.39, 0.29) is 5.91 Å². The van der Waals surface area contributed by atoms with Gasteiger partial charge in [0.2, 0.25) is 5.91 Å². The van der Waals surface area contributed by atoms with Crippen molar-refractivity contribution < 1.29 is 4.79 Å². The first-order valence-electron chi connectivity index (χ1n) is 6.27. The Hall–Kier alpha value is -2.02. The largest absolute Gasteiger partial charge is 0.376 e. The molecule has 1 aromatic rings. The molecule has 1 saturated heterocycles. The van der Waals surface area contributed by atoms with E-state index in [4.69, 9.17) is 5.26 Å². The molecule has 0 aliphatic carbocycles. The Balaban J connectivity index is 1.82. The quantitative estimate of drug-likeness (QED) is 0.877. The van der Waals surface area contributed by atoms with Crippen LogP contribution in [0.3, 0.4) is 0 Å². The van der Waals surface area contributed by atoms with E-state index in [0.29, 0.717) is 13.0 Å². The maximum Gasteiger partial charge on any atom is 0.241 e. The molecule has 1 N–H and O–H groups in total. The summed E-state index contributed by atoms with van der Waals surface area (Å²) >= 11 is 0. The van der Waals surface area contributed by atoms with Crippen LogP contribution in [0, 0.1) is 11.3 Å². The number of nitrogens with one attached hydrogen (secondary N) is 1. The topological polar surface area (TPSA) is 56.1 Å². The Kier molecular flexibility index (Phi) is 4.19. The highest BCUT2D eigenvalue weighted by Gasteiger charge is 2.16. The predicted octanol–water partition coefficient (Wildman–Crippen LogP) is 1.79. The highest BCUT2D eigenvalue weighted by Crippen LogP contribution is 2.11. The van der Waals surface area contributed by atoms with Crippen LogP contribution in [0.25, 0.3) is 0 Å². The van der Waals surface area contributed by atoms with Crippen LogP contribution < -0.4 is 5.32 Å². The summed E-state index contributed by atoms with van der Waals surface area (Å²) in [6.07, 6.45) is 2.66. The molecule has 2 rings (SSSR count). The van der Waals surface area contributed by atoms with Crippen molar-refractivity contribution in [3.05, 3.63) is 29.8 Å². The smallest absolute Gasteiger partial charge is 0.241 e. The number of anilines is 1. The van der Waals surface area contributed by atoms with Crippen molar-refractivity contribution in [1.29, 1.82) is 5.26 Å². The summed E-state index contributed by atoms with van der Waals surface area (Å²) in [4.78, 5) is 13.7. The van der Waals surface area contributed by atoms with Crippen molar-refractivity contribution >= 4 is 11.6 Å². The van der Waals surface area contributed by atoms with E-state index in [2.05, 4.69) is 11.4 Å². The molecule has 94 valence electrons. The second-order valence-corrected chi connectivity index (χ2v) is 4.47. The van der Waals surface area contributed by atoms with Crippen LogP contribution in [0.2, 0.25) is 0 Å².